The van der Waals surface area contributed by atoms with E-state index >= 15 is 0 Å². The lowest BCUT2D eigenvalue weighted by Gasteiger charge is -2.34. The number of aromatic nitrogens is 3. The number of furan rings is 1. The summed E-state index contributed by atoms with van der Waals surface area (Å²) in [6, 6.07) is 10.4. The van der Waals surface area contributed by atoms with Gasteiger partial charge in [-0.05, 0) is 55.5 Å². The predicted molar refractivity (Wildman–Crippen MR) is 119 cm³/mol. The lowest BCUT2D eigenvalue weighted by Crippen LogP contribution is -2.42. The van der Waals surface area contributed by atoms with E-state index in [9.17, 15) is 8.42 Å². The molecule has 1 saturated heterocycles. The zero-order valence-corrected chi connectivity index (χ0v) is 19.0. The maximum atomic E-state index is 13.3. The van der Waals surface area contributed by atoms with Crippen molar-refractivity contribution in [2.75, 3.05) is 13.1 Å². The number of hydrogen-bond acceptors (Lipinski definition) is 7. The smallest absolute Gasteiger partial charge is 0.294 e. The van der Waals surface area contributed by atoms with E-state index in [0.29, 0.717) is 53.2 Å². The Balaban J connectivity index is 1.51. The molecule has 0 spiro atoms. The molecule has 2 atom stereocenters. The van der Waals surface area contributed by atoms with Gasteiger partial charge in [0.15, 0.2) is 5.76 Å². The third-order valence-corrected chi connectivity index (χ3v) is 7.72. The summed E-state index contributed by atoms with van der Waals surface area (Å²) >= 11 is 0. The number of piperidine rings is 1. The van der Waals surface area contributed by atoms with E-state index in [1.54, 1.807) is 34.8 Å². The average molecular weight is 453 g/mol. The van der Waals surface area contributed by atoms with Gasteiger partial charge in [-0.3, -0.25) is 4.98 Å². The first-order valence-electron chi connectivity index (χ1n) is 10.6. The van der Waals surface area contributed by atoms with Crippen LogP contribution in [0.25, 0.3) is 34.1 Å². The summed E-state index contributed by atoms with van der Waals surface area (Å²) in [5.74, 6) is 1.68. The molecule has 0 saturated carbocycles. The van der Waals surface area contributed by atoms with Crippen LogP contribution in [0.5, 0.6) is 0 Å². The van der Waals surface area contributed by atoms with Gasteiger partial charge in [-0.25, -0.2) is 8.42 Å². The van der Waals surface area contributed by atoms with Crippen molar-refractivity contribution in [3.05, 3.63) is 48.2 Å². The third kappa shape index (κ3) is 3.61. The van der Waals surface area contributed by atoms with Crippen molar-refractivity contribution in [3.63, 3.8) is 0 Å². The van der Waals surface area contributed by atoms with Crippen molar-refractivity contribution in [2.24, 2.45) is 11.8 Å². The molecule has 3 aromatic heterocycles. The Kier molecular flexibility index (Phi) is 5.10. The number of pyridine rings is 1. The quantitative estimate of drug-likeness (QED) is 0.448. The highest BCUT2D eigenvalue weighted by atomic mass is 32.2. The Morgan fingerprint density at radius 3 is 2.59 bits per heavy atom. The van der Waals surface area contributed by atoms with Crippen LogP contribution in [0.4, 0.5) is 0 Å². The summed E-state index contributed by atoms with van der Waals surface area (Å²) in [4.78, 5) is 8.90. The van der Waals surface area contributed by atoms with E-state index in [1.165, 1.54) is 0 Å². The van der Waals surface area contributed by atoms with Crippen LogP contribution in [0.2, 0.25) is 0 Å². The monoisotopic (exact) mass is 452 g/mol. The number of nitrogens with zero attached hydrogens (tertiary/aromatic N) is 4. The molecule has 0 amide bonds. The number of aryl methyl sites for hydroxylation is 1. The first kappa shape index (κ1) is 20.8. The number of benzene rings is 1. The van der Waals surface area contributed by atoms with Crippen LogP contribution < -0.4 is 0 Å². The number of sulfonamides is 1. The van der Waals surface area contributed by atoms with Crippen LogP contribution in [0.15, 0.2) is 56.4 Å². The van der Waals surface area contributed by atoms with E-state index in [4.69, 9.17) is 8.94 Å². The summed E-state index contributed by atoms with van der Waals surface area (Å²) in [6.45, 7) is 7.12. The van der Waals surface area contributed by atoms with Crippen LogP contribution in [0.1, 0.15) is 25.8 Å². The Morgan fingerprint density at radius 2 is 1.88 bits per heavy atom. The van der Waals surface area contributed by atoms with E-state index in [-0.39, 0.29) is 10.8 Å². The molecular weight excluding hydrogens is 428 g/mol. The summed E-state index contributed by atoms with van der Waals surface area (Å²) in [5.41, 5.74) is 1.90. The molecule has 0 aliphatic carbocycles. The normalized spacial score (nSPS) is 20.1. The van der Waals surface area contributed by atoms with Crippen LogP contribution in [0.3, 0.4) is 0 Å². The van der Waals surface area contributed by atoms with Gasteiger partial charge in [0, 0.05) is 30.2 Å². The minimum absolute atomic E-state index is 0.224. The lowest BCUT2D eigenvalue weighted by atomic mass is 9.94. The van der Waals surface area contributed by atoms with Gasteiger partial charge >= 0.3 is 0 Å². The Bertz CT molecular complexity index is 1370. The van der Waals surface area contributed by atoms with E-state index < -0.39 is 10.0 Å². The maximum Gasteiger partial charge on any atom is 0.294 e. The predicted octanol–water partition coefficient (Wildman–Crippen LogP) is 4.52. The molecule has 1 aromatic carbocycles. The first-order chi connectivity index (χ1) is 15.3. The van der Waals surface area contributed by atoms with Crippen molar-refractivity contribution >= 4 is 21.0 Å². The fourth-order valence-electron chi connectivity index (χ4n) is 4.43. The fraction of sp³-hybridized carbons (Fsp3) is 0.348. The molecular formula is C23H24N4O4S. The van der Waals surface area contributed by atoms with Crippen molar-refractivity contribution in [1.82, 2.24) is 19.4 Å². The van der Waals surface area contributed by atoms with Crippen LogP contribution >= 0.6 is 0 Å². The highest BCUT2D eigenvalue weighted by molar-refractivity contribution is 7.89. The number of hydrogen-bond donors (Lipinski definition) is 0. The summed E-state index contributed by atoms with van der Waals surface area (Å²) in [6.07, 6.45) is 2.70. The molecule has 0 radical (unpaired) electrons. The standard InChI is InChI=1S/C23H24N4O4S/c1-14-10-15(2)13-27(12-14)32(28,29)17-7-8-20-18(11-17)16(3)21(30-20)23-25-22(26-31-23)19-6-4-5-9-24-19/h4-9,11,14-15H,10,12-13H2,1-3H3/t14-,15-/m0/s1. The third-order valence-electron chi connectivity index (χ3n) is 5.90. The Labute approximate surface area is 186 Å². The van der Waals surface area contributed by atoms with Gasteiger partial charge in [0.1, 0.15) is 11.3 Å². The van der Waals surface area contributed by atoms with E-state index in [0.717, 1.165) is 12.0 Å². The van der Waals surface area contributed by atoms with Gasteiger partial charge in [0.05, 0.1) is 4.90 Å². The van der Waals surface area contributed by atoms with Gasteiger partial charge in [-0.15, -0.1) is 0 Å². The lowest BCUT2D eigenvalue weighted by molar-refractivity contribution is 0.222. The van der Waals surface area contributed by atoms with Crippen LogP contribution in [0, 0.1) is 18.8 Å². The van der Waals surface area contributed by atoms with Gasteiger partial charge < -0.3 is 8.94 Å². The molecule has 4 heterocycles. The second-order valence-electron chi connectivity index (χ2n) is 8.62. The van der Waals surface area contributed by atoms with E-state index in [1.807, 2.05) is 19.1 Å². The summed E-state index contributed by atoms with van der Waals surface area (Å²) in [5, 5.41) is 4.70. The van der Waals surface area contributed by atoms with Crippen molar-refractivity contribution in [2.45, 2.75) is 32.1 Å². The molecule has 8 nitrogen and oxygen atoms in total. The number of fused-ring (bicyclic) bond motifs is 1. The molecule has 0 bridgehead atoms. The molecule has 1 aliphatic rings. The Morgan fingerprint density at radius 1 is 1.09 bits per heavy atom. The molecule has 1 fully saturated rings. The molecule has 4 aromatic rings. The van der Waals surface area contributed by atoms with E-state index in [2.05, 4.69) is 29.0 Å². The zero-order valence-electron chi connectivity index (χ0n) is 18.1. The first-order valence-corrected chi connectivity index (χ1v) is 12.1. The van der Waals surface area contributed by atoms with Crippen molar-refractivity contribution < 1.29 is 17.4 Å². The zero-order chi connectivity index (χ0) is 22.5. The molecule has 32 heavy (non-hydrogen) atoms. The molecule has 9 heteroatoms. The summed E-state index contributed by atoms with van der Waals surface area (Å²) < 4.78 is 39.6. The maximum absolute atomic E-state index is 13.3. The van der Waals surface area contributed by atoms with Crippen LogP contribution in [-0.2, 0) is 10.0 Å². The minimum Gasteiger partial charge on any atom is -0.451 e. The van der Waals surface area contributed by atoms with Gasteiger partial charge in [-0.1, -0.05) is 25.1 Å². The molecule has 0 N–H and O–H groups in total. The summed E-state index contributed by atoms with van der Waals surface area (Å²) in [7, 11) is -3.59. The topological polar surface area (TPSA) is 102 Å². The molecule has 5 rings (SSSR count). The fourth-order valence-corrected chi connectivity index (χ4v) is 6.14. The molecule has 0 unspecified atom stereocenters. The van der Waals surface area contributed by atoms with Gasteiger partial charge in [0.25, 0.3) is 5.89 Å². The van der Waals surface area contributed by atoms with Crippen molar-refractivity contribution in [1.29, 1.82) is 0 Å². The second-order valence-corrected chi connectivity index (χ2v) is 10.6. The van der Waals surface area contributed by atoms with Gasteiger partial charge in [-0.2, -0.15) is 9.29 Å². The SMILES string of the molecule is Cc1c(-c2nc(-c3ccccn3)no2)oc2ccc(S(=O)(=O)N3C[C@@H](C)C[C@H](C)C3)cc12. The second kappa shape index (κ2) is 7.83. The van der Waals surface area contributed by atoms with Crippen molar-refractivity contribution in [3.8, 4) is 23.2 Å². The highest BCUT2D eigenvalue weighted by Gasteiger charge is 2.32. The average Bonchev–Trinajstić information content (AvgIpc) is 3.38. The van der Waals surface area contributed by atoms with Crippen LogP contribution in [-0.4, -0.2) is 40.9 Å². The highest BCUT2D eigenvalue weighted by Crippen LogP contribution is 2.35. The minimum atomic E-state index is -3.59. The Hall–Kier alpha value is -3.04. The number of rotatable bonds is 4. The molecule has 1 aliphatic heterocycles. The largest absolute Gasteiger partial charge is 0.451 e. The van der Waals surface area contributed by atoms with Gasteiger partial charge in [0.2, 0.25) is 15.8 Å². The molecule has 166 valence electrons.